The first kappa shape index (κ1) is 33.2. The van der Waals surface area contributed by atoms with Crippen LogP contribution in [0, 0.1) is 0 Å². The van der Waals surface area contributed by atoms with Crippen LogP contribution >= 0.6 is 30.9 Å². The Morgan fingerprint density at radius 2 is 1.53 bits per heavy atom. The summed E-state index contributed by atoms with van der Waals surface area (Å²) in [5, 5.41) is 0.529. The van der Waals surface area contributed by atoms with E-state index in [9.17, 15) is 9.59 Å². The Bertz CT molecular complexity index is 757. The second-order valence-corrected chi connectivity index (χ2v) is 14.8. The summed E-state index contributed by atoms with van der Waals surface area (Å²) in [4.78, 5) is 28.0. The minimum atomic E-state index is -0.771. The molecule has 36 heavy (non-hydrogen) atoms. The molecule has 0 radical (unpaired) electrons. The van der Waals surface area contributed by atoms with Crippen molar-refractivity contribution in [1.29, 1.82) is 0 Å². The van der Waals surface area contributed by atoms with Gasteiger partial charge in [0.05, 0.1) is 6.61 Å². The lowest BCUT2D eigenvalue weighted by Crippen LogP contribution is -2.48. The molecule has 0 spiro atoms. The highest BCUT2D eigenvalue weighted by Crippen LogP contribution is 2.53. The molecule has 1 rings (SSSR count). The van der Waals surface area contributed by atoms with Gasteiger partial charge < -0.3 is 9.47 Å². The molecule has 1 aromatic rings. The summed E-state index contributed by atoms with van der Waals surface area (Å²) < 4.78 is 10.5. The topological polar surface area (TPSA) is 55.8 Å². The van der Waals surface area contributed by atoms with E-state index in [1.54, 1.807) is 28.4 Å². The molecule has 0 saturated carbocycles. The van der Waals surface area contributed by atoms with Crippen molar-refractivity contribution in [2.24, 2.45) is 0 Å². The van der Waals surface area contributed by atoms with Gasteiger partial charge in [0.25, 0.3) is 0 Å². The van der Waals surface area contributed by atoms with Crippen LogP contribution in [0.3, 0.4) is 0 Å². The average Bonchev–Trinajstić information content (AvgIpc) is 2.89. The van der Waals surface area contributed by atoms with Gasteiger partial charge >= 0.3 is 16.0 Å². The van der Waals surface area contributed by atoms with E-state index in [-0.39, 0.29) is 31.0 Å². The van der Waals surface area contributed by atoms with Crippen molar-refractivity contribution in [2.75, 3.05) is 13.2 Å². The molecule has 1 aromatic carbocycles. The molecule has 0 heterocycles. The van der Waals surface area contributed by atoms with Crippen molar-refractivity contribution in [3.05, 3.63) is 35.9 Å². The first-order chi connectivity index (χ1) is 17.3. The Kier molecular flexibility index (Phi) is 17.8. The standard InChI is InChI=1S/C27H44NO4PS3/c1-6-9-10-11-12-16-19-31-25(29)20-28(26(30)32-21-24-17-14-13-15-18-24)27(33-34,35-22(4)7-2)36-23(5)8-3/h13-15,17-18,22-23H,6-12,16,19-21H2,1-5H3/p+1. The maximum absolute atomic E-state index is 13.5. The second-order valence-electron chi connectivity index (χ2n) is 8.97. The summed E-state index contributed by atoms with van der Waals surface area (Å²) in [5.41, 5.74) is 0.895. The summed E-state index contributed by atoms with van der Waals surface area (Å²) in [7, 11) is -0.0171. The lowest BCUT2D eigenvalue weighted by Gasteiger charge is -2.35. The van der Waals surface area contributed by atoms with Crippen LogP contribution in [0.2, 0.25) is 0 Å². The maximum atomic E-state index is 13.5. The van der Waals surface area contributed by atoms with Crippen molar-refractivity contribution < 1.29 is 19.1 Å². The highest BCUT2D eigenvalue weighted by molar-refractivity contribution is 8.27. The van der Waals surface area contributed by atoms with E-state index in [1.807, 2.05) is 30.3 Å². The van der Waals surface area contributed by atoms with Crippen molar-refractivity contribution >= 4 is 54.7 Å². The molecule has 5 nitrogen and oxygen atoms in total. The third-order valence-corrected chi connectivity index (χ3v) is 12.5. The first-order valence-corrected chi connectivity index (χ1v) is 17.1. The molecule has 0 bridgehead atoms. The summed E-state index contributed by atoms with van der Waals surface area (Å²) in [6.45, 7) is 11.1. The highest BCUT2D eigenvalue weighted by Gasteiger charge is 2.51. The molecular formula is C27H45NO4PS3+. The second kappa shape index (κ2) is 19.3. The number of rotatable bonds is 19. The number of hydrogen-bond acceptors (Lipinski definition) is 7. The van der Waals surface area contributed by atoms with Crippen molar-refractivity contribution in [3.8, 4) is 0 Å². The van der Waals surface area contributed by atoms with Gasteiger partial charge in [-0.25, -0.2) is 9.69 Å². The summed E-state index contributed by atoms with van der Waals surface area (Å²) in [6.07, 6.45) is 8.04. The number of unbranched alkanes of at least 4 members (excludes halogenated alkanes) is 5. The van der Waals surface area contributed by atoms with E-state index in [0.29, 0.717) is 6.61 Å². The number of carbonyl (C=O) groups is 2. The molecule has 0 aliphatic carbocycles. The van der Waals surface area contributed by atoms with Gasteiger partial charge in [-0.2, -0.15) is 0 Å². The van der Waals surface area contributed by atoms with E-state index in [4.69, 9.17) is 21.3 Å². The molecule has 0 aliphatic heterocycles. The summed E-state index contributed by atoms with van der Waals surface area (Å²) >= 11 is 9.01. The molecule has 0 aliphatic rings. The molecule has 1 amide bonds. The van der Waals surface area contributed by atoms with E-state index < -0.39 is 16.0 Å². The van der Waals surface area contributed by atoms with Crippen molar-refractivity contribution in [3.63, 3.8) is 0 Å². The molecular weight excluding hydrogens is 529 g/mol. The third kappa shape index (κ3) is 12.6. The molecule has 204 valence electrons. The van der Waals surface area contributed by atoms with E-state index in [2.05, 4.69) is 34.6 Å². The zero-order valence-corrected chi connectivity index (χ0v) is 26.1. The highest BCUT2D eigenvalue weighted by atomic mass is 32.4. The van der Waals surface area contributed by atoms with E-state index in [0.717, 1.165) is 37.7 Å². The predicted octanol–water partition coefficient (Wildman–Crippen LogP) is 8.34. The molecule has 3 atom stereocenters. The van der Waals surface area contributed by atoms with E-state index in [1.165, 1.54) is 19.3 Å². The molecule has 0 N–H and O–H groups in total. The predicted molar refractivity (Wildman–Crippen MR) is 161 cm³/mol. The zero-order chi connectivity index (χ0) is 26.8. The van der Waals surface area contributed by atoms with Gasteiger partial charge in [-0.1, -0.05) is 121 Å². The smallest absolute Gasteiger partial charge is 0.415 e. The number of thioether (sulfide) groups is 2. The van der Waals surface area contributed by atoms with Crippen LogP contribution in [0.1, 0.15) is 91.5 Å². The zero-order valence-electron chi connectivity index (χ0n) is 22.6. The number of carbonyl (C=O) groups excluding carboxylic acids is 2. The fourth-order valence-electron chi connectivity index (χ4n) is 3.30. The molecule has 0 saturated heterocycles. The Labute approximate surface area is 234 Å². The van der Waals surface area contributed by atoms with Gasteiger partial charge in [0.15, 0.2) is 11.8 Å². The van der Waals surface area contributed by atoms with Crippen molar-refractivity contribution in [1.82, 2.24) is 4.90 Å². The summed E-state index contributed by atoms with van der Waals surface area (Å²) in [6, 6.07) is 9.57. The Morgan fingerprint density at radius 1 is 0.944 bits per heavy atom. The molecule has 3 unspecified atom stereocenters. The average molecular weight is 575 g/mol. The Hall–Kier alpha value is -0.820. The van der Waals surface area contributed by atoms with Gasteiger partial charge in [-0.15, -0.1) is 0 Å². The van der Waals surface area contributed by atoms with Crippen LogP contribution in [0.5, 0.6) is 0 Å². The fraction of sp³-hybridized carbons (Fsp3) is 0.704. The van der Waals surface area contributed by atoms with Crippen LogP contribution in [0.25, 0.3) is 0 Å². The van der Waals surface area contributed by atoms with Crippen molar-refractivity contribution in [2.45, 2.75) is 107 Å². The largest absolute Gasteiger partial charge is 0.464 e. The van der Waals surface area contributed by atoms with Crippen LogP contribution in [-0.2, 0) is 32.7 Å². The van der Waals surface area contributed by atoms with Crippen LogP contribution < -0.4 is 0 Å². The minimum absolute atomic E-state index is 0.0171. The monoisotopic (exact) mass is 574 g/mol. The maximum Gasteiger partial charge on any atom is 0.415 e. The van der Waals surface area contributed by atoms with Crippen LogP contribution in [0.4, 0.5) is 4.79 Å². The quantitative estimate of drug-likeness (QED) is 0.0712. The Morgan fingerprint density at radius 3 is 2.08 bits per heavy atom. The molecule has 0 aromatic heterocycles. The normalized spacial score (nSPS) is 14.6. The van der Waals surface area contributed by atoms with Crippen LogP contribution in [-0.4, -0.2) is 44.6 Å². The molecule has 9 heteroatoms. The SMILES string of the molecule is CCCCCCCCOC(=O)CN(C(=O)OCc1ccccc1)C([PH+]=S)(SC(C)CC)SC(C)CC. The summed E-state index contributed by atoms with van der Waals surface area (Å²) in [5.74, 6) is -0.410. The van der Waals surface area contributed by atoms with Gasteiger partial charge in [-0.3, -0.25) is 4.79 Å². The third-order valence-electron chi connectivity index (χ3n) is 5.83. The first-order valence-electron chi connectivity index (χ1n) is 13.2. The van der Waals surface area contributed by atoms with Gasteiger partial charge in [-0.05, 0) is 24.8 Å². The minimum Gasteiger partial charge on any atom is -0.464 e. The number of benzene rings is 1. The van der Waals surface area contributed by atoms with Gasteiger partial charge in [0, 0.05) is 10.5 Å². The number of amides is 1. The number of esters is 1. The van der Waals surface area contributed by atoms with Gasteiger partial charge in [0.1, 0.15) is 13.2 Å². The lowest BCUT2D eigenvalue weighted by atomic mass is 10.1. The van der Waals surface area contributed by atoms with E-state index >= 15 is 0 Å². The fourth-order valence-corrected chi connectivity index (χ4v) is 9.53. The lowest BCUT2D eigenvalue weighted by molar-refractivity contribution is -0.144. The van der Waals surface area contributed by atoms with Crippen LogP contribution in [0.15, 0.2) is 30.3 Å². The number of nitrogens with zero attached hydrogens (tertiary/aromatic N) is 1. The number of ether oxygens (including phenoxy) is 2. The number of hydrogen-bond donors (Lipinski definition) is 0. The molecule has 0 fully saturated rings. The van der Waals surface area contributed by atoms with Gasteiger partial charge in [0.2, 0.25) is 7.36 Å². The Balaban J connectivity index is 3.03.